The molecule has 0 saturated carbocycles. The molecule has 0 saturated heterocycles. The highest BCUT2D eigenvalue weighted by molar-refractivity contribution is 6.10. The Morgan fingerprint density at radius 2 is 1.44 bits per heavy atom. The van der Waals surface area contributed by atoms with Gasteiger partial charge in [-0.2, -0.15) is 0 Å². The van der Waals surface area contributed by atoms with Gasteiger partial charge in [-0.25, -0.2) is 0 Å². The predicted molar refractivity (Wildman–Crippen MR) is 160 cm³/mol. The third-order valence-corrected chi connectivity index (χ3v) is 7.03. The molecule has 6 nitrogen and oxygen atoms in total. The summed E-state index contributed by atoms with van der Waals surface area (Å²) in [6.07, 6.45) is 0.892. The van der Waals surface area contributed by atoms with E-state index in [-0.39, 0.29) is 11.8 Å². The van der Waals surface area contributed by atoms with E-state index in [0.717, 1.165) is 48.6 Å². The molecule has 1 aliphatic rings. The summed E-state index contributed by atoms with van der Waals surface area (Å²) in [6, 6.07) is 32.8. The van der Waals surface area contributed by atoms with Gasteiger partial charge >= 0.3 is 0 Å². The van der Waals surface area contributed by atoms with Crippen molar-refractivity contribution in [2.75, 3.05) is 55.4 Å². The molecule has 1 N–H and O–H groups in total. The molecule has 1 heterocycles. The first-order valence-corrected chi connectivity index (χ1v) is 13.4. The maximum absolute atomic E-state index is 13.7. The maximum Gasteiger partial charge on any atom is 0.258 e. The number of hydrogen-bond donors (Lipinski definition) is 1. The van der Waals surface area contributed by atoms with Crippen molar-refractivity contribution < 1.29 is 9.59 Å². The molecule has 4 aromatic rings. The van der Waals surface area contributed by atoms with Crippen molar-refractivity contribution in [3.8, 4) is 11.1 Å². The van der Waals surface area contributed by atoms with Crippen molar-refractivity contribution in [1.82, 2.24) is 4.90 Å². The Hall–Kier alpha value is -4.42. The third kappa shape index (κ3) is 6.02. The summed E-state index contributed by atoms with van der Waals surface area (Å²) in [7, 11) is 4.15. The minimum absolute atomic E-state index is 0.0378. The van der Waals surface area contributed by atoms with Crippen LogP contribution in [0.15, 0.2) is 103 Å². The zero-order valence-corrected chi connectivity index (χ0v) is 22.5. The topological polar surface area (TPSA) is 55.9 Å². The van der Waals surface area contributed by atoms with E-state index in [2.05, 4.69) is 35.3 Å². The van der Waals surface area contributed by atoms with Gasteiger partial charge < -0.3 is 20.0 Å². The Bertz CT molecular complexity index is 1430. The van der Waals surface area contributed by atoms with Crippen LogP contribution in [0.5, 0.6) is 0 Å². The molecule has 0 spiro atoms. The lowest BCUT2D eigenvalue weighted by Crippen LogP contribution is -2.32. The molecule has 0 fully saturated rings. The fourth-order valence-electron chi connectivity index (χ4n) is 4.99. The molecule has 39 heavy (non-hydrogen) atoms. The van der Waals surface area contributed by atoms with E-state index in [1.165, 1.54) is 0 Å². The number of nitrogens with one attached hydrogen (secondary N) is 1. The van der Waals surface area contributed by atoms with Crippen LogP contribution >= 0.6 is 0 Å². The van der Waals surface area contributed by atoms with Crippen LogP contribution in [0.1, 0.15) is 27.1 Å². The molecule has 0 radical (unpaired) electrons. The van der Waals surface area contributed by atoms with Gasteiger partial charge in [0.1, 0.15) is 0 Å². The largest absolute Gasteiger partial charge is 0.368 e. The van der Waals surface area contributed by atoms with Crippen LogP contribution in [0.4, 0.5) is 17.1 Å². The van der Waals surface area contributed by atoms with Crippen LogP contribution in [0, 0.1) is 0 Å². The second-order valence-electron chi connectivity index (χ2n) is 10.0. The van der Waals surface area contributed by atoms with Crippen LogP contribution in [0.2, 0.25) is 0 Å². The van der Waals surface area contributed by atoms with Crippen LogP contribution in [0.25, 0.3) is 11.1 Å². The highest BCUT2D eigenvalue weighted by atomic mass is 16.2. The second-order valence-corrected chi connectivity index (χ2v) is 10.0. The normalized spacial score (nSPS) is 13.1. The fraction of sp³-hybridized carbons (Fsp3) is 0.212. The van der Waals surface area contributed by atoms with Gasteiger partial charge in [0.2, 0.25) is 0 Å². The number of hydrogen-bond acceptors (Lipinski definition) is 4. The van der Waals surface area contributed by atoms with E-state index < -0.39 is 0 Å². The SMILES string of the molecule is CN(C)CCN1CCCN(C(=O)c2ccc(NC(=O)c3ccccc3-c3ccccc3)cc2)c2ccccc21. The number of benzene rings is 4. The number of fused-ring (bicyclic) bond motifs is 1. The minimum atomic E-state index is -0.187. The Morgan fingerprint density at radius 1 is 0.769 bits per heavy atom. The number of anilines is 3. The van der Waals surface area contributed by atoms with Gasteiger partial charge in [0.05, 0.1) is 11.4 Å². The Balaban J connectivity index is 1.32. The summed E-state index contributed by atoms with van der Waals surface area (Å²) < 4.78 is 0. The van der Waals surface area contributed by atoms with Crippen molar-refractivity contribution in [1.29, 1.82) is 0 Å². The number of carbonyl (C=O) groups is 2. The Kier molecular flexibility index (Phi) is 8.04. The van der Waals surface area contributed by atoms with Gasteiger partial charge in [0, 0.05) is 43.0 Å². The lowest BCUT2D eigenvalue weighted by Gasteiger charge is -2.27. The average Bonchev–Trinajstić information content (AvgIpc) is 3.16. The second kappa shape index (κ2) is 12.0. The summed E-state index contributed by atoms with van der Waals surface area (Å²) in [5.74, 6) is -0.225. The number of amides is 2. The van der Waals surface area contributed by atoms with E-state index >= 15 is 0 Å². The quantitative estimate of drug-likeness (QED) is 0.325. The lowest BCUT2D eigenvalue weighted by atomic mass is 9.99. The highest BCUT2D eigenvalue weighted by Gasteiger charge is 2.25. The highest BCUT2D eigenvalue weighted by Crippen LogP contribution is 2.33. The van der Waals surface area contributed by atoms with Crippen molar-refractivity contribution in [3.63, 3.8) is 0 Å². The van der Waals surface area contributed by atoms with Crippen molar-refractivity contribution >= 4 is 28.9 Å². The summed E-state index contributed by atoms with van der Waals surface area (Å²) in [5.41, 5.74) is 5.73. The third-order valence-electron chi connectivity index (χ3n) is 7.03. The van der Waals surface area contributed by atoms with Gasteiger partial charge in [-0.05, 0) is 74.1 Å². The van der Waals surface area contributed by atoms with Crippen LogP contribution in [-0.4, -0.2) is 57.0 Å². The zero-order valence-electron chi connectivity index (χ0n) is 22.5. The molecular formula is C33H34N4O2. The van der Waals surface area contributed by atoms with Crippen LogP contribution < -0.4 is 15.1 Å². The fourth-order valence-corrected chi connectivity index (χ4v) is 4.99. The molecule has 0 aliphatic carbocycles. The number of likely N-dealkylation sites (N-methyl/N-ethyl adjacent to an activating group) is 1. The number of carbonyl (C=O) groups excluding carboxylic acids is 2. The summed E-state index contributed by atoms with van der Waals surface area (Å²) in [6.45, 7) is 3.42. The van der Waals surface area contributed by atoms with E-state index in [1.807, 2.05) is 77.7 Å². The number of nitrogens with zero attached hydrogens (tertiary/aromatic N) is 3. The molecule has 5 rings (SSSR count). The van der Waals surface area contributed by atoms with Crippen LogP contribution in [-0.2, 0) is 0 Å². The predicted octanol–water partition coefficient (Wildman–Crippen LogP) is 6.02. The van der Waals surface area contributed by atoms with Crippen molar-refractivity contribution in [3.05, 3.63) is 114 Å². The smallest absolute Gasteiger partial charge is 0.258 e. The zero-order chi connectivity index (χ0) is 27.2. The standard InChI is InChI=1S/C33H34N4O2/c1-35(2)23-24-36-21-10-22-37(31-16-9-8-15-30(31)36)33(39)26-17-19-27(20-18-26)34-32(38)29-14-7-6-13-28(29)25-11-4-3-5-12-25/h3-9,11-20H,10,21-24H2,1-2H3,(H,34,38). The molecular weight excluding hydrogens is 484 g/mol. The van der Waals surface area contributed by atoms with Gasteiger partial charge in [-0.15, -0.1) is 0 Å². The van der Waals surface area contributed by atoms with E-state index in [0.29, 0.717) is 23.4 Å². The van der Waals surface area contributed by atoms with Crippen molar-refractivity contribution in [2.24, 2.45) is 0 Å². The van der Waals surface area contributed by atoms with E-state index in [1.54, 1.807) is 24.3 Å². The Labute approximate surface area is 230 Å². The van der Waals surface area contributed by atoms with E-state index in [9.17, 15) is 9.59 Å². The summed E-state index contributed by atoms with van der Waals surface area (Å²) in [4.78, 5) is 33.3. The first-order valence-electron chi connectivity index (χ1n) is 13.4. The van der Waals surface area contributed by atoms with Gasteiger partial charge in [-0.1, -0.05) is 60.7 Å². The lowest BCUT2D eigenvalue weighted by molar-refractivity contribution is 0.0986. The van der Waals surface area contributed by atoms with E-state index in [4.69, 9.17) is 0 Å². The Morgan fingerprint density at radius 3 is 2.18 bits per heavy atom. The molecule has 0 bridgehead atoms. The molecule has 1 aliphatic heterocycles. The maximum atomic E-state index is 13.7. The molecule has 0 atom stereocenters. The first kappa shape index (κ1) is 26.2. The molecule has 4 aromatic carbocycles. The number of para-hydroxylation sites is 2. The average molecular weight is 519 g/mol. The van der Waals surface area contributed by atoms with Crippen LogP contribution in [0.3, 0.4) is 0 Å². The van der Waals surface area contributed by atoms with Gasteiger partial charge in [0.25, 0.3) is 11.8 Å². The molecule has 198 valence electrons. The summed E-state index contributed by atoms with van der Waals surface area (Å²) >= 11 is 0. The molecule has 0 unspecified atom stereocenters. The van der Waals surface area contributed by atoms with Crippen molar-refractivity contribution in [2.45, 2.75) is 6.42 Å². The monoisotopic (exact) mass is 518 g/mol. The number of rotatable bonds is 7. The van der Waals surface area contributed by atoms with Gasteiger partial charge in [0.15, 0.2) is 0 Å². The molecule has 6 heteroatoms. The molecule has 2 amide bonds. The first-order chi connectivity index (χ1) is 19.0. The summed E-state index contributed by atoms with van der Waals surface area (Å²) in [5, 5.41) is 2.99. The van der Waals surface area contributed by atoms with Gasteiger partial charge in [-0.3, -0.25) is 9.59 Å². The molecule has 0 aromatic heterocycles. The minimum Gasteiger partial charge on any atom is -0.368 e.